The Kier molecular flexibility index (Phi) is 2.77. The summed E-state index contributed by atoms with van der Waals surface area (Å²) in [6.45, 7) is 4.56. The first-order valence-electron chi connectivity index (χ1n) is 5.38. The van der Waals surface area contributed by atoms with Gasteiger partial charge >= 0.3 is 5.97 Å². The van der Waals surface area contributed by atoms with Crippen molar-refractivity contribution in [2.75, 3.05) is 11.4 Å². The van der Waals surface area contributed by atoms with Crippen molar-refractivity contribution < 1.29 is 9.90 Å². The van der Waals surface area contributed by atoms with Crippen LogP contribution in [0.3, 0.4) is 0 Å². The van der Waals surface area contributed by atoms with Crippen molar-refractivity contribution in [2.24, 2.45) is 5.92 Å². The maximum atomic E-state index is 11.0. The molecule has 0 amide bonds. The SMILES string of the molecule is Cc1nccnc1N1CCC(C(=O)O)C1C. The lowest BCUT2D eigenvalue weighted by molar-refractivity contribution is -0.141. The second-order valence-electron chi connectivity index (χ2n) is 4.13. The molecule has 1 aliphatic rings. The fourth-order valence-electron chi connectivity index (χ4n) is 2.25. The Morgan fingerprint density at radius 1 is 1.50 bits per heavy atom. The van der Waals surface area contributed by atoms with Crippen molar-refractivity contribution in [3.05, 3.63) is 18.1 Å². The van der Waals surface area contributed by atoms with Crippen molar-refractivity contribution in [1.29, 1.82) is 0 Å². The van der Waals surface area contributed by atoms with Crippen LogP contribution < -0.4 is 4.90 Å². The highest BCUT2D eigenvalue weighted by atomic mass is 16.4. The Morgan fingerprint density at radius 3 is 2.75 bits per heavy atom. The number of aliphatic carboxylic acids is 1. The highest BCUT2D eigenvalue weighted by Crippen LogP contribution is 2.29. The van der Waals surface area contributed by atoms with Crippen LogP contribution in [-0.2, 0) is 4.79 Å². The number of carboxylic acid groups (broad SMARTS) is 1. The van der Waals surface area contributed by atoms with Crippen LogP contribution in [0.1, 0.15) is 19.0 Å². The third kappa shape index (κ3) is 1.73. The van der Waals surface area contributed by atoms with Gasteiger partial charge < -0.3 is 10.0 Å². The number of rotatable bonds is 2. The van der Waals surface area contributed by atoms with Crippen LogP contribution in [-0.4, -0.2) is 33.6 Å². The minimum atomic E-state index is -0.725. The summed E-state index contributed by atoms with van der Waals surface area (Å²) in [4.78, 5) is 21.5. The van der Waals surface area contributed by atoms with E-state index < -0.39 is 5.97 Å². The van der Waals surface area contributed by atoms with Crippen molar-refractivity contribution in [3.63, 3.8) is 0 Å². The molecule has 2 heterocycles. The first kappa shape index (κ1) is 10.9. The molecule has 1 fully saturated rings. The van der Waals surface area contributed by atoms with Crippen LogP contribution in [0.5, 0.6) is 0 Å². The molecule has 1 N–H and O–H groups in total. The predicted octanol–water partition coefficient (Wildman–Crippen LogP) is 1.08. The zero-order chi connectivity index (χ0) is 11.7. The fraction of sp³-hybridized carbons (Fsp3) is 0.545. The quantitative estimate of drug-likeness (QED) is 0.809. The molecule has 86 valence electrons. The summed E-state index contributed by atoms with van der Waals surface area (Å²) in [5.41, 5.74) is 0.848. The third-order valence-corrected chi connectivity index (χ3v) is 3.20. The van der Waals surface area contributed by atoms with Gasteiger partial charge in [0.25, 0.3) is 0 Å². The van der Waals surface area contributed by atoms with E-state index in [0.717, 1.165) is 18.1 Å². The molecule has 0 bridgehead atoms. The van der Waals surface area contributed by atoms with Gasteiger partial charge in [-0.05, 0) is 20.3 Å². The molecule has 2 unspecified atom stereocenters. The van der Waals surface area contributed by atoms with Gasteiger partial charge in [0.1, 0.15) is 5.82 Å². The average Bonchev–Trinajstić information content (AvgIpc) is 2.61. The smallest absolute Gasteiger partial charge is 0.308 e. The summed E-state index contributed by atoms with van der Waals surface area (Å²) < 4.78 is 0. The highest BCUT2D eigenvalue weighted by Gasteiger charge is 2.36. The van der Waals surface area contributed by atoms with E-state index in [4.69, 9.17) is 5.11 Å². The van der Waals surface area contributed by atoms with Gasteiger partial charge in [-0.15, -0.1) is 0 Å². The first-order valence-corrected chi connectivity index (χ1v) is 5.38. The summed E-state index contributed by atoms with van der Waals surface area (Å²) in [6, 6.07) is -0.0205. The lowest BCUT2D eigenvalue weighted by atomic mass is 10.0. The zero-order valence-corrected chi connectivity index (χ0v) is 9.42. The molecule has 2 rings (SSSR count). The van der Waals surface area contributed by atoms with Crippen LogP contribution in [0.25, 0.3) is 0 Å². The van der Waals surface area contributed by atoms with Crippen LogP contribution in [0.15, 0.2) is 12.4 Å². The van der Waals surface area contributed by atoms with Gasteiger partial charge in [0.2, 0.25) is 0 Å². The molecule has 0 aliphatic carbocycles. The number of hydrogen-bond acceptors (Lipinski definition) is 4. The fourth-order valence-corrected chi connectivity index (χ4v) is 2.25. The van der Waals surface area contributed by atoms with Crippen molar-refractivity contribution in [3.8, 4) is 0 Å². The number of hydrogen-bond donors (Lipinski definition) is 1. The third-order valence-electron chi connectivity index (χ3n) is 3.20. The topological polar surface area (TPSA) is 66.3 Å². The normalized spacial score (nSPS) is 24.8. The monoisotopic (exact) mass is 221 g/mol. The molecule has 1 aliphatic heterocycles. The minimum absolute atomic E-state index is 0.0205. The Hall–Kier alpha value is -1.65. The van der Waals surface area contributed by atoms with Crippen molar-refractivity contribution >= 4 is 11.8 Å². The van der Waals surface area contributed by atoms with E-state index in [9.17, 15) is 4.79 Å². The zero-order valence-electron chi connectivity index (χ0n) is 9.42. The molecule has 0 spiro atoms. The summed E-state index contributed by atoms with van der Waals surface area (Å²) >= 11 is 0. The van der Waals surface area contributed by atoms with Crippen molar-refractivity contribution in [1.82, 2.24) is 9.97 Å². The van der Waals surface area contributed by atoms with Gasteiger partial charge in [0, 0.05) is 25.0 Å². The molecular formula is C11H15N3O2. The standard InChI is InChI=1S/C11H15N3O2/c1-7-10(13-5-4-12-7)14-6-3-9(8(14)2)11(15)16/h4-5,8-9H,3,6H2,1-2H3,(H,15,16). The number of carbonyl (C=O) groups is 1. The Balaban J connectivity index is 2.25. The van der Waals surface area contributed by atoms with Gasteiger partial charge in [0.05, 0.1) is 11.6 Å². The molecule has 5 heteroatoms. The van der Waals surface area contributed by atoms with Crippen LogP contribution in [0, 0.1) is 12.8 Å². The lowest BCUT2D eigenvalue weighted by Gasteiger charge is -2.25. The van der Waals surface area contributed by atoms with Gasteiger partial charge in [0.15, 0.2) is 0 Å². The van der Waals surface area contributed by atoms with E-state index in [1.165, 1.54) is 0 Å². The Morgan fingerprint density at radius 2 is 2.19 bits per heavy atom. The molecule has 0 saturated carbocycles. The summed E-state index contributed by atoms with van der Waals surface area (Å²) in [6.07, 6.45) is 3.96. The number of anilines is 1. The first-order chi connectivity index (χ1) is 7.61. The van der Waals surface area contributed by atoms with E-state index in [2.05, 4.69) is 9.97 Å². The van der Waals surface area contributed by atoms with Crippen LogP contribution >= 0.6 is 0 Å². The Labute approximate surface area is 94.1 Å². The maximum absolute atomic E-state index is 11.0. The number of aryl methyl sites for hydroxylation is 1. The van der Waals surface area contributed by atoms with Gasteiger partial charge in [-0.1, -0.05) is 0 Å². The molecule has 1 aromatic rings. The Bertz CT molecular complexity index is 408. The highest BCUT2D eigenvalue weighted by molar-refractivity contribution is 5.72. The average molecular weight is 221 g/mol. The molecule has 0 aromatic carbocycles. The second-order valence-corrected chi connectivity index (χ2v) is 4.13. The van der Waals surface area contributed by atoms with E-state index in [1.807, 2.05) is 18.7 Å². The van der Waals surface area contributed by atoms with Crippen LogP contribution in [0.2, 0.25) is 0 Å². The lowest BCUT2D eigenvalue weighted by Crippen LogP contribution is -2.34. The largest absolute Gasteiger partial charge is 0.481 e. The minimum Gasteiger partial charge on any atom is -0.481 e. The number of nitrogens with zero attached hydrogens (tertiary/aromatic N) is 3. The molecule has 2 atom stereocenters. The molecular weight excluding hydrogens is 206 g/mol. The van der Waals surface area contributed by atoms with Gasteiger partial charge in [-0.3, -0.25) is 9.78 Å². The summed E-state index contributed by atoms with van der Waals surface area (Å²) in [5, 5.41) is 9.05. The number of aromatic nitrogens is 2. The molecule has 1 saturated heterocycles. The molecule has 16 heavy (non-hydrogen) atoms. The van der Waals surface area contributed by atoms with E-state index >= 15 is 0 Å². The van der Waals surface area contributed by atoms with Crippen molar-refractivity contribution in [2.45, 2.75) is 26.3 Å². The van der Waals surface area contributed by atoms with E-state index in [-0.39, 0.29) is 12.0 Å². The maximum Gasteiger partial charge on any atom is 0.308 e. The van der Waals surface area contributed by atoms with Gasteiger partial charge in [-0.25, -0.2) is 4.98 Å². The van der Waals surface area contributed by atoms with E-state index in [0.29, 0.717) is 6.42 Å². The second kappa shape index (κ2) is 4.08. The van der Waals surface area contributed by atoms with E-state index in [1.54, 1.807) is 12.4 Å². The molecule has 0 radical (unpaired) electrons. The summed E-state index contributed by atoms with van der Waals surface area (Å²) in [5.74, 6) is -0.225. The van der Waals surface area contributed by atoms with Gasteiger partial charge in [-0.2, -0.15) is 0 Å². The van der Waals surface area contributed by atoms with Crippen LogP contribution in [0.4, 0.5) is 5.82 Å². The summed E-state index contributed by atoms with van der Waals surface area (Å²) in [7, 11) is 0. The molecule has 1 aromatic heterocycles. The molecule has 5 nitrogen and oxygen atoms in total. The number of carboxylic acids is 1. The predicted molar refractivity (Wildman–Crippen MR) is 59.3 cm³/mol.